The molecule has 17 nitrogen and oxygen atoms in total. The van der Waals surface area contributed by atoms with Gasteiger partial charge in [0.2, 0.25) is 0 Å². The van der Waals surface area contributed by atoms with Gasteiger partial charge < -0.3 is 33.8 Å². The van der Waals surface area contributed by atoms with Gasteiger partial charge in [-0.15, -0.1) is 0 Å². The highest BCUT2D eigenvalue weighted by Gasteiger charge is 2.30. The Morgan fingerprint density at radius 2 is 0.480 bits per heavy atom. The molecule has 19 heteroatoms. The number of esters is 4. The van der Waals surface area contributed by atoms with E-state index in [1.165, 1.54) is 212 Å². The van der Waals surface area contributed by atoms with Crippen LogP contribution < -0.4 is 0 Å². The number of phosphoric acid groups is 2. The van der Waals surface area contributed by atoms with Gasteiger partial charge in [0.15, 0.2) is 12.2 Å². The fourth-order valence-corrected chi connectivity index (χ4v) is 14.0. The van der Waals surface area contributed by atoms with Crippen LogP contribution in [0.15, 0.2) is 0 Å². The number of rotatable bonds is 78. The predicted molar refractivity (Wildman–Crippen MR) is 409 cm³/mol. The lowest BCUT2D eigenvalue weighted by Gasteiger charge is -2.21. The van der Waals surface area contributed by atoms with Gasteiger partial charge in [0.05, 0.1) is 26.4 Å². The van der Waals surface area contributed by atoms with Gasteiger partial charge in [-0.1, -0.05) is 364 Å². The summed E-state index contributed by atoms with van der Waals surface area (Å²) < 4.78 is 68.6. The van der Waals surface area contributed by atoms with E-state index in [-0.39, 0.29) is 25.7 Å². The summed E-state index contributed by atoms with van der Waals surface area (Å²) in [7, 11) is -9.92. The number of aliphatic hydroxyl groups is 1. The summed E-state index contributed by atoms with van der Waals surface area (Å²) in [6.45, 7) is 14.2. The molecule has 0 heterocycles. The lowest BCUT2D eigenvalue weighted by molar-refractivity contribution is -0.161. The number of hydrogen-bond acceptors (Lipinski definition) is 15. The van der Waals surface area contributed by atoms with E-state index in [4.69, 9.17) is 37.0 Å². The van der Waals surface area contributed by atoms with Crippen LogP contribution in [-0.2, 0) is 65.4 Å². The minimum atomic E-state index is -4.96. The van der Waals surface area contributed by atoms with Crippen molar-refractivity contribution in [1.29, 1.82) is 0 Å². The topological polar surface area (TPSA) is 237 Å². The Morgan fingerprint density at radius 1 is 0.280 bits per heavy atom. The van der Waals surface area contributed by atoms with Crippen LogP contribution in [0.1, 0.15) is 415 Å². The third-order valence-electron chi connectivity index (χ3n) is 19.2. The van der Waals surface area contributed by atoms with Gasteiger partial charge in [0.1, 0.15) is 19.3 Å². The molecule has 0 aromatic heterocycles. The summed E-state index contributed by atoms with van der Waals surface area (Å²) in [5.41, 5.74) is 0. The number of ether oxygens (including phenoxy) is 4. The van der Waals surface area contributed by atoms with E-state index in [1.54, 1.807) is 0 Å². The molecule has 0 spiro atoms. The maximum atomic E-state index is 13.1. The number of carbonyl (C=O) groups excluding carboxylic acids is 4. The smallest absolute Gasteiger partial charge is 0.462 e. The monoisotopic (exact) mass is 1470 g/mol. The molecule has 6 atom stereocenters. The van der Waals surface area contributed by atoms with Crippen molar-refractivity contribution in [1.82, 2.24) is 0 Å². The summed E-state index contributed by atoms with van der Waals surface area (Å²) in [5.74, 6) is 0.957. The first-order valence-electron chi connectivity index (χ1n) is 41.7. The minimum Gasteiger partial charge on any atom is -0.462 e. The van der Waals surface area contributed by atoms with Gasteiger partial charge >= 0.3 is 39.5 Å². The Balaban J connectivity index is 5.16. The molecule has 3 unspecified atom stereocenters. The first kappa shape index (κ1) is 98.1. The molecule has 594 valence electrons. The van der Waals surface area contributed by atoms with E-state index in [1.807, 2.05) is 0 Å². The molecule has 0 amide bonds. The molecule has 0 saturated heterocycles. The molecule has 0 aliphatic heterocycles. The Morgan fingerprint density at radius 3 is 0.710 bits per heavy atom. The van der Waals surface area contributed by atoms with E-state index >= 15 is 0 Å². The minimum absolute atomic E-state index is 0.105. The molecular formula is C81H158O17P2. The molecule has 0 aliphatic carbocycles. The van der Waals surface area contributed by atoms with Crippen molar-refractivity contribution in [2.45, 2.75) is 433 Å². The van der Waals surface area contributed by atoms with Crippen molar-refractivity contribution < 1.29 is 80.2 Å². The van der Waals surface area contributed by atoms with Gasteiger partial charge in [-0.3, -0.25) is 37.3 Å². The van der Waals surface area contributed by atoms with Crippen molar-refractivity contribution in [2.24, 2.45) is 23.7 Å². The second kappa shape index (κ2) is 70.1. The quantitative estimate of drug-likeness (QED) is 0.0222. The summed E-state index contributed by atoms with van der Waals surface area (Å²) in [4.78, 5) is 73.0. The molecule has 0 bridgehead atoms. The number of carbonyl (C=O) groups is 4. The van der Waals surface area contributed by atoms with Gasteiger partial charge in [-0.25, -0.2) is 9.13 Å². The van der Waals surface area contributed by atoms with Crippen LogP contribution in [0.4, 0.5) is 0 Å². The Kier molecular flexibility index (Phi) is 68.7. The largest absolute Gasteiger partial charge is 0.472 e. The summed E-state index contributed by atoms with van der Waals surface area (Å²) >= 11 is 0. The normalized spacial score (nSPS) is 14.3. The highest BCUT2D eigenvalue weighted by Crippen LogP contribution is 2.45. The van der Waals surface area contributed by atoms with Crippen molar-refractivity contribution in [2.75, 3.05) is 39.6 Å². The van der Waals surface area contributed by atoms with E-state index in [9.17, 15) is 43.2 Å². The van der Waals surface area contributed by atoms with Crippen molar-refractivity contribution >= 4 is 39.5 Å². The Bertz CT molecular complexity index is 1960. The van der Waals surface area contributed by atoms with Gasteiger partial charge in [-0.05, 0) is 49.4 Å². The average Bonchev–Trinajstić information content (AvgIpc) is 0.927. The van der Waals surface area contributed by atoms with Gasteiger partial charge in [-0.2, -0.15) is 0 Å². The van der Waals surface area contributed by atoms with Crippen LogP contribution in [0.5, 0.6) is 0 Å². The molecule has 100 heavy (non-hydrogen) atoms. The molecule has 0 aromatic rings. The van der Waals surface area contributed by atoms with Gasteiger partial charge in [0.25, 0.3) is 0 Å². The zero-order valence-electron chi connectivity index (χ0n) is 65.8. The fraction of sp³-hybridized carbons (Fsp3) is 0.951. The summed E-state index contributed by atoms with van der Waals surface area (Å²) in [6, 6.07) is 0. The molecule has 0 fully saturated rings. The van der Waals surface area contributed by atoms with Crippen molar-refractivity contribution in [3.63, 3.8) is 0 Å². The third kappa shape index (κ3) is 73.0. The van der Waals surface area contributed by atoms with E-state index in [2.05, 4.69) is 55.4 Å². The van der Waals surface area contributed by atoms with E-state index < -0.39 is 97.5 Å². The Hall–Kier alpha value is -1.94. The SMILES string of the molecule is CCC(C)CCCCCCCCC(=O)OC[C@H](COP(=O)(O)OC[C@H](O)COP(=O)(O)OC[C@@H](COC(=O)CCCCCCCCCCCCCCCCCCCCC(C)C)OC(=O)CCCCCCCCCCC(C)C)OC(=O)CCCCCCCCCCCCCCCCCC(C)C. The van der Waals surface area contributed by atoms with E-state index in [0.29, 0.717) is 31.6 Å². The zero-order chi connectivity index (χ0) is 73.8. The first-order valence-corrected chi connectivity index (χ1v) is 44.7. The number of aliphatic hydroxyl groups excluding tert-OH is 1. The standard InChI is InChI=1S/C81H158O17P2/c1-9-74(8)60-52-44-39-40-46-54-62-79(84)92-68-77(97-80(85)63-55-47-37-30-26-22-18-14-16-20-24-28-34-42-50-58-72(4)5)70-96-100(89,90)94-66-75(82)65-93-99(87,88)95-69-76(98-81(86)64-56-48-38-32-31-35-43-51-59-73(6)7)67-91-78(83)61-53-45-36-29-25-21-17-13-11-10-12-15-19-23-27-33-41-49-57-71(2)3/h71-77,82H,9-70H2,1-8H3,(H,87,88)(H,89,90)/t74?,75-,76-,77-/m1/s1. The molecule has 0 rings (SSSR count). The van der Waals surface area contributed by atoms with Crippen LogP contribution in [0.3, 0.4) is 0 Å². The highest BCUT2D eigenvalue weighted by atomic mass is 31.2. The maximum Gasteiger partial charge on any atom is 0.472 e. The van der Waals surface area contributed by atoms with Crippen LogP contribution in [0, 0.1) is 23.7 Å². The van der Waals surface area contributed by atoms with Crippen LogP contribution in [0.2, 0.25) is 0 Å². The third-order valence-corrected chi connectivity index (χ3v) is 21.1. The lowest BCUT2D eigenvalue weighted by Crippen LogP contribution is -2.30. The summed E-state index contributed by atoms with van der Waals surface area (Å²) in [5, 5.41) is 10.6. The first-order chi connectivity index (χ1) is 48.1. The molecule has 0 radical (unpaired) electrons. The molecule has 3 N–H and O–H groups in total. The van der Waals surface area contributed by atoms with Crippen LogP contribution in [-0.4, -0.2) is 96.7 Å². The highest BCUT2D eigenvalue weighted by molar-refractivity contribution is 7.47. The van der Waals surface area contributed by atoms with Crippen LogP contribution in [0.25, 0.3) is 0 Å². The molecular weight excluding hydrogens is 1310 g/mol. The fourth-order valence-electron chi connectivity index (χ4n) is 12.4. The second-order valence-electron chi connectivity index (χ2n) is 30.8. The maximum absolute atomic E-state index is 13.1. The number of phosphoric ester groups is 2. The number of unbranched alkanes of at least 4 members (excludes halogenated alkanes) is 43. The number of hydrogen-bond donors (Lipinski definition) is 3. The molecule has 0 aromatic carbocycles. The molecule has 0 saturated carbocycles. The van der Waals surface area contributed by atoms with Crippen molar-refractivity contribution in [3.05, 3.63) is 0 Å². The summed E-state index contributed by atoms with van der Waals surface area (Å²) in [6.07, 6.45) is 57.1. The van der Waals surface area contributed by atoms with Gasteiger partial charge in [0, 0.05) is 25.7 Å². The second-order valence-corrected chi connectivity index (χ2v) is 33.7. The van der Waals surface area contributed by atoms with Crippen LogP contribution >= 0.6 is 15.6 Å². The lowest BCUT2D eigenvalue weighted by atomic mass is 10.00. The van der Waals surface area contributed by atoms with E-state index in [0.717, 1.165) is 114 Å². The predicted octanol–water partition coefficient (Wildman–Crippen LogP) is 24.0. The molecule has 0 aliphatic rings. The Labute approximate surface area is 613 Å². The zero-order valence-corrected chi connectivity index (χ0v) is 67.6. The average molecular weight is 1470 g/mol. The van der Waals surface area contributed by atoms with Crippen molar-refractivity contribution in [3.8, 4) is 0 Å².